The molecule has 3 nitrogen and oxygen atoms in total. The van der Waals surface area contributed by atoms with Crippen LogP contribution in [-0.4, -0.2) is 18.2 Å². The summed E-state index contributed by atoms with van der Waals surface area (Å²) in [6.45, 7) is 0. The molecule has 0 aliphatic rings. The summed E-state index contributed by atoms with van der Waals surface area (Å²) in [6.07, 6.45) is -0.850. The number of aliphatic hydroxyl groups is 1. The van der Waals surface area contributed by atoms with Gasteiger partial charge in [-0.2, -0.15) is 0 Å². The van der Waals surface area contributed by atoms with Crippen LogP contribution in [-0.2, 0) is 9.53 Å². The van der Waals surface area contributed by atoms with Crippen molar-refractivity contribution in [2.24, 2.45) is 0 Å². The van der Waals surface area contributed by atoms with Gasteiger partial charge in [-0.3, -0.25) is 4.79 Å². The van der Waals surface area contributed by atoms with Gasteiger partial charge in [-0.05, 0) is 11.6 Å². The SMILES string of the molecule is COC(=O)CC(O)c1ccccc1Br. The zero-order valence-electron chi connectivity index (χ0n) is 7.74. The standard InChI is InChI=1S/C10H11BrO3/c1-14-10(13)6-9(12)7-4-2-3-5-8(7)11/h2-5,9,12H,6H2,1H3. The van der Waals surface area contributed by atoms with Crippen molar-refractivity contribution in [3.63, 3.8) is 0 Å². The fraction of sp³-hybridized carbons (Fsp3) is 0.300. The molecule has 1 N–H and O–H groups in total. The summed E-state index contributed by atoms with van der Waals surface area (Å²) in [4.78, 5) is 10.9. The number of halogens is 1. The molecule has 1 aromatic carbocycles. The molecule has 0 bridgehead atoms. The highest BCUT2D eigenvalue weighted by atomic mass is 79.9. The average molecular weight is 259 g/mol. The van der Waals surface area contributed by atoms with E-state index in [0.717, 1.165) is 4.47 Å². The van der Waals surface area contributed by atoms with E-state index in [9.17, 15) is 9.90 Å². The fourth-order valence-electron chi connectivity index (χ4n) is 1.10. The smallest absolute Gasteiger partial charge is 0.308 e. The molecular formula is C10H11BrO3. The van der Waals surface area contributed by atoms with Gasteiger partial charge >= 0.3 is 5.97 Å². The van der Waals surface area contributed by atoms with Crippen LogP contribution in [0.4, 0.5) is 0 Å². The van der Waals surface area contributed by atoms with Gasteiger partial charge in [0.1, 0.15) is 0 Å². The van der Waals surface area contributed by atoms with E-state index in [-0.39, 0.29) is 6.42 Å². The van der Waals surface area contributed by atoms with Crippen LogP contribution in [0.1, 0.15) is 18.1 Å². The van der Waals surface area contributed by atoms with E-state index in [1.165, 1.54) is 7.11 Å². The molecule has 0 aromatic heterocycles. The first-order chi connectivity index (χ1) is 6.65. The van der Waals surface area contributed by atoms with E-state index in [1.54, 1.807) is 12.1 Å². The van der Waals surface area contributed by atoms with Crippen LogP contribution in [0.15, 0.2) is 28.7 Å². The molecule has 0 heterocycles. The lowest BCUT2D eigenvalue weighted by Crippen LogP contribution is -2.08. The third kappa shape index (κ3) is 2.82. The van der Waals surface area contributed by atoms with Crippen molar-refractivity contribution in [2.75, 3.05) is 7.11 Å². The number of carbonyl (C=O) groups is 1. The summed E-state index contributed by atoms with van der Waals surface area (Å²) in [5.74, 6) is -0.423. The highest BCUT2D eigenvalue weighted by Crippen LogP contribution is 2.25. The van der Waals surface area contributed by atoms with Gasteiger partial charge in [0.25, 0.3) is 0 Å². The first-order valence-electron chi connectivity index (χ1n) is 4.14. The van der Waals surface area contributed by atoms with Crippen molar-refractivity contribution in [1.29, 1.82) is 0 Å². The lowest BCUT2D eigenvalue weighted by molar-refractivity contribution is -0.142. The van der Waals surface area contributed by atoms with Crippen LogP contribution >= 0.6 is 15.9 Å². The van der Waals surface area contributed by atoms with Crippen LogP contribution in [0.25, 0.3) is 0 Å². The van der Waals surface area contributed by atoms with E-state index in [2.05, 4.69) is 20.7 Å². The van der Waals surface area contributed by atoms with Crippen LogP contribution in [0.3, 0.4) is 0 Å². The van der Waals surface area contributed by atoms with Crippen molar-refractivity contribution in [1.82, 2.24) is 0 Å². The molecule has 14 heavy (non-hydrogen) atoms. The maximum absolute atomic E-state index is 10.9. The Balaban J connectivity index is 2.74. The first-order valence-corrected chi connectivity index (χ1v) is 4.93. The molecule has 1 rings (SSSR count). The molecule has 1 aromatic rings. The largest absolute Gasteiger partial charge is 0.469 e. The molecule has 0 aliphatic carbocycles. The maximum Gasteiger partial charge on any atom is 0.308 e. The minimum absolute atomic E-state index is 0.0287. The predicted molar refractivity (Wildman–Crippen MR) is 55.7 cm³/mol. The van der Waals surface area contributed by atoms with E-state index < -0.39 is 12.1 Å². The van der Waals surface area contributed by atoms with Crippen LogP contribution in [0, 0.1) is 0 Å². The highest BCUT2D eigenvalue weighted by Gasteiger charge is 2.15. The Bertz CT molecular complexity index is 325. The number of benzene rings is 1. The molecule has 0 fully saturated rings. The molecule has 4 heteroatoms. The number of carbonyl (C=O) groups excluding carboxylic acids is 1. The van der Waals surface area contributed by atoms with Gasteiger partial charge in [0.15, 0.2) is 0 Å². The molecular weight excluding hydrogens is 248 g/mol. The Morgan fingerprint density at radius 1 is 1.57 bits per heavy atom. The lowest BCUT2D eigenvalue weighted by Gasteiger charge is -2.10. The number of ether oxygens (including phenoxy) is 1. The van der Waals surface area contributed by atoms with Crippen LogP contribution < -0.4 is 0 Å². The van der Waals surface area contributed by atoms with Gasteiger partial charge in [-0.15, -0.1) is 0 Å². The van der Waals surface area contributed by atoms with Gasteiger partial charge < -0.3 is 9.84 Å². The molecule has 76 valence electrons. The molecule has 0 radical (unpaired) electrons. The fourth-order valence-corrected chi connectivity index (χ4v) is 1.65. The average Bonchev–Trinajstić information content (AvgIpc) is 2.18. The first kappa shape index (κ1) is 11.2. The third-order valence-corrected chi connectivity index (χ3v) is 2.57. The number of rotatable bonds is 3. The highest BCUT2D eigenvalue weighted by molar-refractivity contribution is 9.10. The van der Waals surface area contributed by atoms with Gasteiger partial charge in [-0.25, -0.2) is 0 Å². The van der Waals surface area contributed by atoms with Crippen LogP contribution in [0.5, 0.6) is 0 Å². The number of methoxy groups -OCH3 is 1. The van der Waals surface area contributed by atoms with Gasteiger partial charge in [-0.1, -0.05) is 34.1 Å². The monoisotopic (exact) mass is 258 g/mol. The van der Waals surface area contributed by atoms with Crippen molar-refractivity contribution in [3.8, 4) is 0 Å². The topological polar surface area (TPSA) is 46.5 Å². The third-order valence-electron chi connectivity index (χ3n) is 1.85. The molecule has 1 atom stereocenters. The summed E-state index contributed by atoms with van der Waals surface area (Å²) in [6, 6.07) is 7.23. The quantitative estimate of drug-likeness (QED) is 0.845. The summed E-state index contributed by atoms with van der Waals surface area (Å²) in [5.41, 5.74) is 0.693. The Kier molecular flexibility index (Phi) is 4.10. The van der Waals surface area contributed by atoms with Crippen molar-refractivity contribution in [3.05, 3.63) is 34.3 Å². The number of hydrogen-bond donors (Lipinski definition) is 1. The minimum atomic E-state index is -0.821. The zero-order chi connectivity index (χ0) is 10.6. The molecule has 0 aliphatic heterocycles. The Morgan fingerprint density at radius 2 is 2.21 bits per heavy atom. The lowest BCUT2D eigenvalue weighted by atomic mass is 10.1. The Morgan fingerprint density at radius 3 is 2.79 bits per heavy atom. The van der Waals surface area contributed by atoms with Gasteiger partial charge in [0.2, 0.25) is 0 Å². The van der Waals surface area contributed by atoms with E-state index in [4.69, 9.17) is 0 Å². The summed E-state index contributed by atoms with van der Waals surface area (Å²) in [5, 5.41) is 9.67. The second-order valence-electron chi connectivity index (χ2n) is 2.82. The molecule has 0 saturated heterocycles. The zero-order valence-corrected chi connectivity index (χ0v) is 9.32. The second-order valence-corrected chi connectivity index (χ2v) is 3.67. The Labute approximate surface area is 90.8 Å². The molecule has 1 unspecified atom stereocenters. The van der Waals surface area contributed by atoms with Gasteiger partial charge in [0.05, 0.1) is 19.6 Å². The normalized spacial score (nSPS) is 12.2. The van der Waals surface area contributed by atoms with E-state index in [0.29, 0.717) is 5.56 Å². The molecule has 0 spiro atoms. The number of esters is 1. The van der Waals surface area contributed by atoms with E-state index >= 15 is 0 Å². The minimum Gasteiger partial charge on any atom is -0.469 e. The predicted octanol–water partition coefficient (Wildman–Crippen LogP) is 2.05. The van der Waals surface area contributed by atoms with Crippen molar-refractivity contribution < 1.29 is 14.6 Å². The summed E-state index contributed by atoms with van der Waals surface area (Å²) in [7, 11) is 1.30. The number of aliphatic hydroxyl groups excluding tert-OH is 1. The maximum atomic E-state index is 10.9. The van der Waals surface area contributed by atoms with Crippen molar-refractivity contribution >= 4 is 21.9 Å². The molecule has 0 amide bonds. The van der Waals surface area contributed by atoms with Crippen LogP contribution in [0.2, 0.25) is 0 Å². The van der Waals surface area contributed by atoms with Gasteiger partial charge in [0, 0.05) is 4.47 Å². The molecule has 0 saturated carbocycles. The van der Waals surface area contributed by atoms with E-state index in [1.807, 2.05) is 12.1 Å². The number of hydrogen-bond acceptors (Lipinski definition) is 3. The second kappa shape index (κ2) is 5.12. The van der Waals surface area contributed by atoms with Crippen molar-refractivity contribution in [2.45, 2.75) is 12.5 Å². The summed E-state index contributed by atoms with van der Waals surface area (Å²) >= 11 is 3.30. The summed E-state index contributed by atoms with van der Waals surface area (Å²) < 4.78 is 5.26. The Hall–Kier alpha value is -0.870.